The van der Waals surface area contributed by atoms with Crippen molar-refractivity contribution in [3.05, 3.63) is 53.6 Å². The highest BCUT2D eigenvalue weighted by Gasteiger charge is 2.36. The molecule has 0 N–H and O–H groups in total. The van der Waals surface area contributed by atoms with Crippen LogP contribution in [0.4, 0.5) is 18.9 Å². The number of ether oxygens (including phenoxy) is 2. The third-order valence-corrected chi connectivity index (χ3v) is 5.60. The summed E-state index contributed by atoms with van der Waals surface area (Å²) >= 11 is 0. The number of nitrogens with zero attached hydrogens (tertiary/aromatic N) is 3. The molecule has 2 aromatic carbocycles. The molecule has 0 saturated carbocycles. The zero-order valence-corrected chi connectivity index (χ0v) is 18.5. The van der Waals surface area contributed by atoms with Crippen LogP contribution in [0.2, 0.25) is 0 Å². The summed E-state index contributed by atoms with van der Waals surface area (Å²) in [7, 11) is 3.24. The number of hydrogen-bond acceptors (Lipinski definition) is 5. The first-order valence-electron chi connectivity index (χ1n) is 10.5. The second-order valence-electron chi connectivity index (χ2n) is 8.20. The highest BCUT2D eigenvalue weighted by Crippen LogP contribution is 2.31. The van der Waals surface area contributed by atoms with E-state index in [0.29, 0.717) is 30.8 Å². The summed E-state index contributed by atoms with van der Waals surface area (Å²) in [6.07, 6.45) is -5.23. The highest BCUT2D eigenvalue weighted by atomic mass is 19.4. The Labute approximate surface area is 193 Å². The molecule has 2 aromatic rings. The third kappa shape index (κ3) is 4.92. The monoisotopic (exact) mass is 477 g/mol. The lowest BCUT2D eigenvalue weighted by molar-refractivity contribution is -0.274. The fourth-order valence-corrected chi connectivity index (χ4v) is 3.85. The van der Waals surface area contributed by atoms with E-state index in [-0.39, 0.29) is 35.8 Å². The van der Waals surface area contributed by atoms with E-state index >= 15 is 0 Å². The number of amides is 3. The van der Waals surface area contributed by atoms with Gasteiger partial charge in [0, 0.05) is 44.9 Å². The fraction of sp³-hybridized carbons (Fsp3) is 0.348. The predicted molar refractivity (Wildman–Crippen MR) is 114 cm³/mol. The lowest BCUT2D eigenvalue weighted by Crippen LogP contribution is -2.36. The van der Waals surface area contributed by atoms with Crippen molar-refractivity contribution in [3.8, 4) is 11.5 Å². The second-order valence-corrected chi connectivity index (χ2v) is 8.20. The maximum Gasteiger partial charge on any atom is 0.573 e. The first kappa shape index (κ1) is 23.4. The Kier molecular flexibility index (Phi) is 6.11. The molecule has 0 aromatic heterocycles. The first-order valence-corrected chi connectivity index (χ1v) is 10.5. The summed E-state index contributed by atoms with van der Waals surface area (Å²) < 4.78 is 46.4. The average molecular weight is 477 g/mol. The van der Waals surface area contributed by atoms with E-state index in [1.165, 1.54) is 26.8 Å². The number of carbonyl (C=O) groups is 3. The van der Waals surface area contributed by atoms with Crippen LogP contribution in [0.3, 0.4) is 0 Å². The van der Waals surface area contributed by atoms with Crippen molar-refractivity contribution >= 4 is 23.4 Å². The van der Waals surface area contributed by atoms with Crippen LogP contribution in [0.5, 0.6) is 11.5 Å². The van der Waals surface area contributed by atoms with Crippen molar-refractivity contribution in [1.82, 2.24) is 9.80 Å². The molecule has 0 unspecified atom stereocenters. The lowest BCUT2D eigenvalue weighted by atomic mass is 10.1. The Balaban J connectivity index is 1.41. The average Bonchev–Trinajstić information content (AvgIpc) is 3.28. The zero-order valence-electron chi connectivity index (χ0n) is 18.5. The van der Waals surface area contributed by atoms with Gasteiger partial charge in [-0.15, -0.1) is 13.2 Å². The normalized spacial score (nSPS) is 17.7. The molecule has 1 saturated heterocycles. The number of halogens is 3. The van der Waals surface area contributed by atoms with Crippen molar-refractivity contribution in [2.75, 3.05) is 32.1 Å². The number of alkyl halides is 3. The van der Waals surface area contributed by atoms with E-state index in [4.69, 9.17) is 4.74 Å². The van der Waals surface area contributed by atoms with Crippen LogP contribution in [0.25, 0.3) is 0 Å². The van der Waals surface area contributed by atoms with Crippen LogP contribution in [0.15, 0.2) is 42.5 Å². The highest BCUT2D eigenvalue weighted by molar-refractivity contribution is 6.03. The van der Waals surface area contributed by atoms with Gasteiger partial charge < -0.3 is 24.2 Å². The molecule has 11 heteroatoms. The van der Waals surface area contributed by atoms with Gasteiger partial charge in [-0.05, 0) is 42.0 Å². The standard InChI is InChI=1S/C23H22F3N3O5/c1-27(2)20(30)13-28-12-14-3-4-15(11-18(14)21(28)31)29-10-9-19(22(29)32)33-16-5-7-17(8-6-16)34-23(24,25)26/h3-8,11,19H,9-10,12-13H2,1-2H3/t19-/m1/s1. The molecule has 0 radical (unpaired) electrons. The third-order valence-electron chi connectivity index (χ3n) is 5.60. The van der Waals surface area contributed by atoms with Crippen molar-refractivity contribution in [3.63, 3.8) is 0 Å². The van der Waals surface area contributed by atoms with Crippen LogP contribution in [0, 0.1) is 0 Å². The van der Waals surface area contributed by atoms with E-state index in [1.807, 2.05) is 0 Å². The SMILES string of the molecule is CN(C)C(=O)CN1Cc2ccc(N3CC[C@@H](Oc4ccc(OC(F)(F)F)cc4)C3=O)cc2C1=O. The van der Waals surface area contributed by atoms with Crippen LogP contribution >= 0.6 is 0 Å². The zero-order chi connectivity index (χ0) is 24.6. The molecule has 180 valence electrons. The van der Waals surface area contributed by atoms with E-state index in [1.54, 1.807) is 32.3 Å². The number of anilines is 1. The van der Waals surface area contributed by atoms with E-state index < -0.39 is 12.5 Å². The van der Waals surface area contributed by atoms with E-state index in [9.17, 15) is 27.6 Å². The van der Waals surface area contributed by atoms with E-state index in [0.717, 1.165) is 17.7 Å². The first-order chi connectivity index (χ1) is 16.0. The molecule has 2 aliphatic heterocycles. The molecule has 3 amide bonds. The molecule has 0 aliphatic carbocycles. The number of fused-ring (bicyclic) bond motifs is 1. The minimum atomic E-state index is -4.79. The molecule has 4 rings (SSSR count). The minimum absolute atomic E-state index is 0.0266. The Morgan fingerprint density at radius 3 is 2.41 bits per heavy atom. The topological polar surface area (TPSA) is 79.4 Å². The summed E-state index contributed by atoms with van der Waals surface area (Å²) in [6.45, 7) is 0.650. The smallest absolute Gasteiger partial charge is 0.481 e. The number of rotatable bonds is 6. The van der Waals surface area contributed by atoms with Crippen LogP contribution in [-0.2, 0) is 16.1 Å². The Bertz CT molecular complexity index is 1120. The Morgan fingerprint density at radius 2 is 1.76 bits per heavy atom. The lowest BCUT2D eigenvalue weighted by Gasteiger charge is -2.18. The van der Waals surface area contributed by atoms with Crippen molar-refractivity contribution in [1.29, 1.82) is 0 Å². The molecule has 2 aliphatic rings. The van der Waals surface area contributed by atoms with Gasteiger partial charge in [-0.1, -0.05) is 6.07 Å². The number of carbonyl (C=O) groups excluding carboxylic acids is 3. The fourth-order valence-electron chi connectivity index (χ4n) is 3.85. The van der Waals surface area contributed by atoms with Crippen molar-refractivity contribution in [2.45, 2.75) is 25.4 Å². The van der Waals surface area contributed by atoms with E-state index in [2.05, 4.69) is 4.74 Å². The van der Waals surface area contributed by atoms with Gasteiger partial charge in [0.15, 0.2) is 6.10 Å². The molecule has 2 heterocycles. The van der Waals surface area contributed by atoms with Gasteiger partial charge >= 0.3 is 6.36 Å². The quantitative estimate of drug-likeness (QED) is 0.640. The van der Waals surface area contributed by atoms with Crippen LogP contribution < -0.4 is 14.4 Å². The molecule has 8 nitrogen and oxygen atoms in total. The molecule has 0 bridgehead atoms. The maximum atomic E-state index is 12.9. The predicted octanol–water partition coefficient (Wildman–Crippen LogP) is 2.81. The van der Waals surface area contributed by atoms with Gasteiger partial charge in [0.05, 0.1) is 0 Å². The van der Waals surface area contributed by atoms with Gasteiger partial charge in [0.1, 0.15) is 18.0 Å². The minimum Gasteiger partial charge on any atom is -0.481 e. The maximum absolute atomic E-state index is 12.9. The largest absolute Gasteiger partial charge is 0.573 e. The Morgan fingerprint density at radius 1 is 1.09 bits per heavy atom. The summed E-state index contributed by atoms with van der Waals surface area (Å²) in [5.74, 6) is -0.925. The van der Waals surface area contributed by atoms with Crippen molar-refractivity contribution in [2.24, 2.45) is 0 Å². The number of hydrogen-bond donors (Lipinski definition) is 0. The van der Waals surface area contributed by atoms with Gasteiger partial charge in [0.25, 0.3) is 11.8 Å². The van der Waals surface area contributed by atoms with Gasteiger partial charge in [0.2, 0.25) is 5.91 Å². The van der Waals surface area contributed by atoms with Gasteiger partial charge in [-0.3, -0.25) is 14.4 Å². The number of likely N-dealkylation sites (N-methyl/N-ethyl adjacent to an activating group) is 1. The summed E-state index contributed by atoms with van der Waals surface area (Å²) in [5.41, 5.74) is 1.76. The molecule has 1 fully saturated rings. The number of benzene rings is 2. The van der Waals surface area contributed by atoms with Gasteiger partial charge in [-0.2, -0.15) is 0 Å². The molecular weight excluding hydrogens is 455 g/mol. The molecular formula is C23H22F3N3O5. The molecule has 34 heavy (non-hydrogen) atoms. The summed E-state index contributed by atoms with van der Waals surface area (Å²) in [5, 5.41) is 0. The summed E-state index contributed by atoms with van der Waals surface area (Å²) in [6, 6.07) is 9.97. The van der Waals surface area contributed by atoms with Crippen molar-refractivity contribution < 1.29 is 37.0 Å². The molecule has 1 atom stereocenters. The molecule has 0 spiro atoms. The van der Waals surface area contributed by atoms with Crippen LogP contribution in [-0.4, -0.2) is 67.2 Å². The summed E-state index contributed by atoms with van der Waals surface area (Å²) in [4.78, 5) is 42.1. The van der Waals surface area contributed by atoms with Crippen LogP contribution in [0.1, 0.15) is 22.3 Å². The second kappa shape index (κ2) is 8.88. The van der Waals surface area contributed by atoms with Gasteiger partial charge in [-0.25, -0.2) is 0 Å². The Hall–Kier alpha value is -3.76.